The van der Waals surface area contributed by atoms with Gasteiger partial charge >= 0.3 is 0 Å². The third-order valence-electron chi connectivity index (χ3n) is 4.74. The lowest BCUT2D eigenvalue weighted by molar-refractivity contribution is 0.00165. The van der Waals surface area contributed by atoms with Crippen LogP contribution in [0.5, 0.6) is 0 Å². The second-order valence-electron chi connectivity index (χ2n) is 6.08. The molecule has 1 fully saturated rings. The van der Waals surface area contributed by atoms with Gasteiger partial charge in [0.25, 0.3) is 0 Å². The summed E-state index contributed by atoms with van der Waals surface area (Å²) in [5, 5.41) is 1.14. The SMILES string of the molecule is CCC1CCCC(OCc2c(CN)oc3ccccc23)C1. The van der Waals surface area contributed by atoms with Gasteiger partial charge in [0, 0.05) is 10.9 Å². The largest absolute Gasteiger partial charge is 0.459 e. The Morgan fingerprint density at radius 1 is 1.29 bits per heavy atom. The van der Waals surface area contributed by atoms with E-state index in [0.717, 1.165) is 28.2 Å². The molecule has 2 unspecified atom stereocenters. The van der Waals surface area contributed by atoms with Gasteiger partial charge in [0.05, 0.1) is 19.3 Å². The smallest absolute Gasteiger partial charge is 0.134 e. The Balaban J connectivity index is 1.72. The van der Waals surface area contributed by atoms with E-state index in [0.29, 0.717) is 19.3 Å². The molecule has 1 saturated carbocycles. The summed E-state index contributed by atoms with van der Waals surface area (Å²) in [5.74, 6) is 1.69. The zero-order chi connectivity index (χ0) is 14.7. The van der Waals surface area contributed by atoms with E-state index >= 15 is 0 Å². The Morgan fingerprint density at radius 2 is 2.14 bits per heavy atom. The Morgan fingerprint density at radius 3 is 2.95 bits per heavy atom. The van der Waals surface area contributed by atoms with E-state index in [9.17, 15) is 0 Å². The first kappa shape index (κ1) is 14.6. The minimum Gasteiger partial charge on any atom is -0.459 e. The lowest BCUT2D eigenvalue weighted by atomic mass is 9.85. The molecule has 1 aliphatic rings. The minimum atomic E-state index is 0.392. The summed E-state index contributed by atoms with van der Waals surface area (Å²) < 4.78 is 12.0. The first-order valence-electron chi connectivity index (χ1n) is 8.12. The number of rotatable bonds is 5. The highest BCUT2D eigenvalue weighted by molar-refractivity contribution is 5.82. The van der Waals surface area contributed by atoms with Crippen LogP contribution in [0, 0.1) is 5.92 Å². The van der Waals surface area contributed by atoms with E-state index in [2.05, 4.69) is 13.0 Å². The number of ether oxygens (including phenoxy) is 1. The number of para-hydroxylation sites is 1. The highest BCUT2D eigenvalue weighted by atomic mass is 16.5. The Bertz CT molecular complexity index is 590. The second kappa shape index (κ2) is 6.63. The molecule has 3 nitrogen and oxygen atoms in total. The maximum Gasteiger partial charge on any atom is 0.134 e. The first-order valence-corrected chi connectivity index (χ1v) is 8.12. The average molecular weight is 287 g/mol. The normalized spacial score (nSPS) is 22.8. The number of benzene rings is 1. The molecule has 1 aromatic carbocycles. The highest BCUT2D eigenvalue weighted by Gasteiger charge is 2.22. The van der Waals surface area contributed by atoms with Crippen molar-refractivity contribution in [2.45, 2.75) is 58.3 Å². The van der Waals surface area contributed by atoms with Crippen molar-refractivity contribution in [3.05, 3.63) is 35.6 Å². The van der Waals surface area contributed by atoms with Gasteiger partial charge in [-0.1, -0.05) is 44.4 Å². The van der Waals surface area contributed by atoms with Crippen molar-refractivity contribution in [1.29, 1.82) is 0 Å². The molecule has 114 valence electrons. The van der Waals surface area contributed by atoms with Crippen LogP contribution in [0.25, 0.3) is 11.0 Å². The zero-order valence-electron chi connectivity index (χ0n) is 12.8. The van der Waals surface area contributed by atoms with Crippen LogP contribution in [0.4, 0.5) is 0 Å². The van der Waals surface area contributed by atoms with Crippen molar-refractivity contribution in [2.24, 2.45) is 11.7 Å². The van der Waals surface area contributed by atoms with Crippen LogP contribution in [0.2, 0.25) is 0 Å². The fourth-order valence-corrected chi connectivity index (χ4v) is 3.44. The summed E-state index contributed by atoms with van der Waals surface area (Å²) >= 11 is 0. The minimum absolute atomic E-state index is 0.392. The molecule has 1 aromatic heterocycles. The molecule has 21 heavy (non-hydrogen) atoms. The van der Waals surface area contributed by atoms with Gasteiger partial charge in [0.15, 0.2) is 0 Å². The third kappa shape index (κ3) is 3.14. The summed E-state index contributed by atoms with van der Waals surface area (Å²) in [6.45, 7) is 3.32. The van der Waals surface area contributed by atoms with Crippen LogP contribution < -0.4 is 5.73 Å². The van der Waals surface area contributed by atoms with Crippen molar-refractivity contribution in [2.75, 3.05) is 0 Å². The van der Waals surface area contributed by atoms with Crippen LogP contribution in [0.3, 0.4) is 0 Å². The second-order valence-corrected chi connectivity index (χ2v) is 6.08. The van der Waals surface area contributed by atoms with Crippen molar-refractivity contribution >= 4 is 11.0 Å². The maximum atomic E-state index is 6.19. The topological polar surface area (TPSA) is 48.4 Å². The molecule has 3 heteroatoms. The van der Waals surface area contributed by atoms with E-state index in [1.165, 1.54) is 32.1 Å². The maximum absolute atomic E-state index is 6.19. The lowest BCUT2D eigenvalue weighted by Gasteiger charge is -2.28. The molecule has 0 spiro atoms. The Kier molecular flexibility index (Phi) is 4.61. The quantitative estimate of drug-likeness (QED) is 0.888. The standard InChI is InChI=1S/C18H25NO2/c1-2-13-6-5-7-14(10-13)20-12-16-15-8-3-4-9-17(15)21-18(16)11-19/h3-4,8-9,13-14H,2,5-7,10-12,19H2,1H3. The number of furan rings is 1. The third-order valence-corrected chi connectivity index (χ3v) is 4.74. The Labute approximate surface area is 126 Å². The van der Waals surface area contributed by atoms with Gasteiger partial charge < -0.3 is 14.9 Å². The fraction of sp³-hybridized carbons (Fsp3) is 0.556. The summed E-state index contributed by atoms with van der Waals surface area (Å²) in [7, 11) is 0. The van der Waals surface area contributed by atoms with Crippen LogP contribution in [-0.4, -0.2) is 6.10 Å². The van der Waals surface area contributed by atoms with E-state index in [-0.39, 0.29) is 0 Å². The number of nitrogens with two attached hydrogens (primary N) is 1. The van der Waals surface area contributed by atoms with Crippen molar-refractivity contribution in [3.63, 3.8) is 0 Å². The van der Waals surface area contributed by atoms with Gasteiger partial charge in [-0.3, -0.25) is 0 Å². The first-order chi connectivity index (χ1) is 10.3. The predicted octanol–water partition coefficient (Wildman–Crippen LogP) is 4.38. The van der Waals surface area contributed by atoms with Crippen LogP contribution in [-0.2, 0) is 17.9 Å². The van der Waals surface area contributed by atoms with Gasteiger partial charge in [0.2, 0.25) is 0 Å². The monoisotopic (exact) mass is 287 g/mol. The van der Waals surface area contributed by atoms with Crippen LogP contribution in [0.1, 0.15) is 50.4 Å². The summed E-state index contributed by atoms with van der Waals surface area (Å²) in [5.41, 5.74) is 7.86. The fourth-order valence-electron chi connectivity index (χ4n) is 3.44. The molecule has 0 amide bonds. The van der Waals surface area contributed by atoms with Crippen LogP contribution in [0.15, 0.2) is 28.7 Å². The van der Waals surface area contributed by atoms with E-state index < -0.39 is 0 Å². The molecule has 0 radical (unpaired) electrons. The number of hydrogen-bond acceptors (Lipinski definition) is 3. The average Bonchev–Trinajstić information content (AvgIpc) is 2.91. The molecule has 0 aliphatic heterocycles. The molecule has 2 aromatic rings. The van der Waals surface area contributed by atoms with E-state index in [1.807, 2.05) is 18.2 Å². The van der Waals surface area contributed by atoms with Crippen molar-refractivity contribution < 1.29 is 9.15 Å². The molecule has 1 aliphatic carbocycles. The van der Waals surface area contributed by atoms with Crippen molar-refractivity contribution in [1.82, 2.24) is 0 Å². The molecule has 0 saturated heterocycles. The van der Waals surface area contributed by atoms with Gasteiger partial charge in [-0.25, -0.2) is 0 Å². The zero-order valence-corrected chi connectivity index (χ0v) is 12.8. The van der Waals surface area contributed by atoms with Gasteiger partial charge in [-0.15, -0.1) is 0 Å². The van der Waals surface area contributed by atoms with Gasteiger partial charge in [-0.2, -0.15) is 0 Å². The van der Waals surface area contributed by atoms with Crippen LogP contribution >= 0.6 is 0 Å². The summed E-state index contributed by atoms with van der Waals surface area (Å²) in [6.07, 6.45) is 6.69. The Hall–Kier alpha value is -1.32. The molecule has 2 N–H and O–H groups in total. The molecular weight excluding hydrogens is 262 g/mol. The van der Waals surface area contributed by atoms with Crippen molar-refractivity contribution in [3.8, 4) is 0 Å². The number of fused-ring (bicyclic) bond motifs is 1. The molecule has 3 rings (SSSR count). The molecule has 2 atom stereocenters. The number of hydrogen-bond donors (Lipinski definition) is 1. The lowest BCUT2D eigenvalue weighted by Crippen LogP contribution is -2.22. The molecule has 0 bridgehead atoms. The molecule has 1 heterocycles. The summed E-state index contributed by atoms with van der Waals surface area (Å²) in [4.78, 5) is 0. The van der Waals surface area contributed by atoms with Gasteiger partial charge in [-0.05, 0) is 24.8 Å². The van der Waals surface area contributed by atoms with E-state index in [1.54, 1.807) is 0 Å². The predicted molar refractivity (Wildman–Crippen MR) is 84.9 cm³/mol. The van der Waals surface area contributed by atoms with Gasteiger partial charge in [0.1, 0.15) is 11.3 Å². The summed E-state index contributed by atoms with van der Waals surface area (Å²) in [6, 6.07) is 8.11. The highest BCUT2D eigenvalue weighted by Crippen LogP contribution is 2.31. The molecular formula is C18H25NO2. The van der Waals surface area contributed by atoms with E-state index in [4.69, 9.17) is 14.9 Å².